The summed E-state index contributed by atoms with van der Waals surface area (Å²) in [5.74, 6) is 0.650. The molecule has 2 rings (SSSR count). The van der Waals surface area contributed by atoms with Gasteiger partial charge in [0.25, 0.3) is 0 Å². The van der Waals surface area contributed by atoms with Crippen LogP contribution in [-0.4, -0.2) is 22.0 Å². The van der Waals surface area contributed by atoms with Crippen molar-refractivity contribution >= 4 is 11.6 Å². The third-order valence-corrected chi connectivity index (χ3v) is 3.11. The molecule has 4 nitrogen and oxygen atoms in total. The van der Waals surface area contributed by atoms with Crippen molar-refractivity contribution in [3.05, 3.63) is 46.7 Å². The summed E-state index contributed by atoms with van der Waals surface area (Å²) in [6.07, 6.45) is 1.25. The van der Waals surface area contributed by atoms with Crippen LogP contribution in [0.15, 0.2) is 30.5 Å². The molecule has 0 aliphatic carbocycles. The topological polar surface area (TPSA) is 47.3 Å². The van der Waals surface area contributed by atoms with E-state index in [4.69, 9.17) is 16.3 Å². The molecule has 0 saturated heterocycles. The van der Waals surface area contributed by atoms with Crippen LogP contribution in [0.5, 0.6) is 5.75 Å². The number of methoxy groups -OCH3 is 1. The lowest BCUT2D eigenvalue weighted by Gasteiger charge is -2.08. The maximum absolute atomic E-state index is 9.42. The maximum Gasteiger partial charge on any atom is 0.137 e. The highest BCUT2D eigenvalue weighted by Crippen LogP contribution is 2.28. The second-order valence-electron chi connectivity index (χ2n) is 4.05. The fourth-order valence-corrected chi connectivity index (χ4v) is 1.96. The number of benzene rings is 1. The summed E-state index contributed by atoms with van der Waals surface area (Å²) in [6, 6.07) is 7.42. The fourth-order valence-electron chi connectivity index (χ4n) is 1.70. The van der Waals surface area contributed by atoms with E-state index in [2.05, 4.69) is 5.10 Å². The minimum atomic E-state index is -0.563. The molecule has 0 aliphatic rings. The second kappa shape index (κ2) is 5.42. The van der Waals surface area contributed by atoms with Gasteiger partial charge in [-0.05, 0) is 24.6 Å². The van der Waals surface area contributed by atoms with Crippen molar-refractivity contribution in [1.82, 2.24) is 9.78 Å². The molecule has 0 aliphatic heterocycles. The first-order valence-corrected chi connectivity index (χ1v) is 6.02. The molecule has 0 spiro atoms. The molecular weight excluding hydrogens is 252 g/mol. The summed E-state index contributed by atoms with van der Waals surface area (Å²) >= 11 is 6.21. The van der Waals surface area contributed by atoms with E-state index in [0.29, 0.717) is 23.0 Å². The molecule has 5 heteroatoms. The molecule has 1 N–H and O–H groups in total. The molecule has 0 radical (unpaired) electrons. The molecule has 1 atom stereocenters. The van der Waals surface area contributed by atoms with Gasteiger partial charge in [0.05, 0.1) is 30.5 Å². The number of aliphatic hydroxyl groups excluding tert-OH is 1. The van der Waals surface area contributed by atoms with Gasteiger partial charge in [0.2, 0.25) is 0 Å². The van der Waals surface area contributed by atoms with Crippen LogP contribution in [0.2, 0.25) is 5.02 Å². The van der Waals surface area contributed by atoms with Gasteiger partial charge in [-0.25, -0.2) is 0 Å². The average Bonchev–Trinajstić information content (AvgIpc) is 2.80. The number of aliphatic hydroxyl groups is 1. The summed E-state index contributed by atoms with van der Waals surface area (Å²) in [7, 11) is 1.59. The first-order valence-electron chi connectivity index (χ1n) is 5.64. The zero-order valence-corrected chi connectivity index (χ0v) is 11.1. The zero-order valence-electron chi connectivity index (χ0n) is 10.3. The van der Waals surface area contributed by atoms with Gasteiger partial charge in [-0.1, -0.05) is 23.7 Å². The van der Waals surface area contributed by atoms with E-state index < -0.39 is 6.10 Å². The monoisotopic (exact) mass is 266 g/mol. The Bertz CT molecular complexity index is 538. The number of rotatable bonds is 4. The van der Waals surface area contributed by atoms with Crippen LogP contribution >= 0.6 is 11.6 Å². The summed E-state index contributed by atoms with van der Waals surface area (Å²) in [4.78, 5) is 0. The Labute approximate surface area is 111 Å². The van der Waals surface area contributed by atoms with Crippen molar-refractivity contribution in [2.75, 3.05) is 7.11 Å². The Hall–Kier alpha value is -1.52. The van der Waals surface area contributed by atoms with E-state index in [-0.39, 0.29) is 0 Å². The van der Waals surface area contributed by atoms with Crippen molar-refractivity contribution in [2.24, 2.45) is 0 Å². The van der Waals surface area contributed by atoms with Crippen molar-refractivity contribution < 1.29 is 9.84 Å². The van der Waals surface area contributed by atoms with Gasteiger partial charge in [-0.3, -0.25) is 4.68 Å². The van der Waals surface area contributed by atoms with Crippen LogP contribution in [0.25, 0.3) is 0 Å². The summed E-state index contributed by atoms with van der Waals surface area (Å²) in [5, 5.41) is 14.3. The highest BCUT2D eigenvalue weighted by atomic mass is 35.5. The normalized spacial score (nSPS) is 12.4. The molecule has 0 saturated carbocycles. The van der Waals surface area contributed by atoms with Crippen LogP contribution in [0.3, 0.4) is 0 Å². The minimum Gasteiger partial charge on any atom is -0.495 e. The average molecular weight is 267 g/mol. The van der Waals surface area contributed by atoms with Crippen molar-refractivity contribution in [3.63, 3.8) is 0 Å². The number of halogens is 1. The molecule has 0 amide bonds. The summed E-state index contributed by atoms with van der Waals surface area (Å²) < 4.78 is 6.90. The Morgan fingerprint density at radius 1 is 1.44 bits per heavy atom. The molecule has 18 heavy (non-hydrogen) atoms. The van der Waals surface area contributed by atoms with E-state index >= 15 is 0 Å². The highest BCUT2D eigenvalue weighted by molar-refractivity contribution is 6.32. The molecule has 1 heterocycles. The molecule has 2 aromatic rings. The van der Waals surface area contributed by atoms with Gasteiger partial charge in [-0.2, -0.15) is 5.10 Å². The van der Waals surface area contributed by atoms with Crippen molar-refractivity contribution in [2.45, 2.75) is 19.6 Å². The van der Waals surface area contributed by atoms with Crippen LogP contribution in [0, 0.1) is 0 Å². The number of ether oxygens (including phenoxy) is 1. The van der Waals surface area contributed by atoms with Gasteiger partial charge in [0.15, 0.2) is 0 Å². The standard InChI is InChI=1S/C13H15ClN2O2/c1-9(17)11-6-7-16(15-11)8-10-4-3-5-12(18-2)13(10)14/h3-7,9,17H,8H2,1-2H3. The number of hydrogen-bond acceptors (Lipinski definition) is 3. The maximum atomic E-state index is 9.42. The molecule has 96 valence electrons. The Kier molecular flexibility index (Phi) is 3.89. The SMILES string of the molecule is COc1cccc(Cn2ccc(C(C)O)n2)c1Cl. The van der Waals surface area contributed by atoms with Crippen LogP contribution in [-0.2, 0) is 6.54 Å². The van der Waals surface area contributed by atoms with Gasteiger partial charge < -0.3 is 9.84 Å². The van der Waals surface area contributed by atoms with E-state index in [1.54, 1.807) is 24.8 Å². The first-order chi connectivity index (χ1) is 8.61. The smallest absolute Gasteiger partial charge is 0.137 e. The van der Waals surface area contributed by atoms with Crippen LogP contribution < -0.4 is 4.74 Å². The lowest BCUT2D eigenvalue weighted by atomic mass is 10.2. The van der Waals surface area contributed by atoms with Gasteiger partial charge in [0.1, 0.15) is 5.75 Å². The third-order valence-electron chi connectivity index (χ3n) is 2.68. The zero-order chi connectivity index (χ0) is 13.1. The predicted molar refractivity (Wildman–Crippen MR) is 70.0 cm³/mol. The van der Waals surface area contributed by atoms with Crippen LogP contribution in [0.1, 0.15) is 24.3 Å². The molecular formula is C13H15ClN2O2. The van der Waals surface area contributed by atoms with Gasteiger partial charge >= 0.3 is 0 Å². The van der Waals surface area contributed by atoms with Crippen molar-refractivity contribution in [1.29, 1.82) is 0 Å². The van der Waals surface area contributed by atoms with Crippen LogP contribution in [0.4, 0.5) is 0 Å². The molecule has 0 bridgehead atoms. The Balaban J connectivity index is 2.23. The van der Waals surface area contributed by atoms with Gasteiger partial charge in [-0.15, -0.1) is 0 Å². The molecule has 0 fully saturated rings. The molecule has 1 aromatic carbocycles. The van der Waals surface area contributed by atoms with Crippen molar-refractivity contribution in [3.8, 4) is 5.75 Å². The third kappa shape index (κ3) is 2.66. The van der Waals surface area contributed by atoms with E-state index in [1.807, 2.05) is 24.4 Å². The molecule has 1 unspecified atom stereocenters. The van der Waals surface area contributed by atoms with E-state index in [1.165, 1.54) is 0 Å². The first kappa shape index (κ1) is 12.9. The second-order valence-corrected chi connectivity index (χ2v) is 4.43. The van der Waals surface area contributed by atoms with E-state index in [0.717, 1.165) is 5.56 Å². The highest BCUT2D eigenvalue weighted by Gasteiger charge is 2.09. The Morgan fingerprint density at radius 3 is 2.83 bits per heavy atom. The number of aromatic nitrogens is 2. The number of hydrogen-bond donors (Lipinski definition) is 1. The van der Waals surface area contributed by atoms with Gasteiger partial charge in [0, 0.05) is 6.20 Å². The molecule has 1 aromatic heterocycles. The minimum absolute atomic E-state index is 0.544. The quantitative estimate of drug-likeness (QED) is 0.925. The number of nitrogens with zero attached hydrogens (tertiary/aromatic N) is 2. The van der Waals surface area contributed by atoms with E-state index in [9.17, 15) is 5.11 Å². The summed E-state index contributed by atoms with van der Waals surface area (Å²) in [5.41, 5.74) is 1.57. The summed E-state index contributed by atoms with van der Waals surface area (Å²) in [6.45, 7) is 2.23. The Morgan fingerprint density at radius 2 is 2.22 bits per heavy atom. The fraction of sp³-hybridized carbons (Fsp3) is 0.308. The lowest BCUT2D eigenvalue weighted by molar-refractivity contribution is 0.193. The largest absolute Gasteiger partial charge is 0.495 e. The lowest BCUT2D eigenvalue weighted by Crippen LogP contribution is -2.03. The predicted octanol–water partition coefficient (Wildman–Crippen LogP) is 2.65.